The molecule has 0 radical (unpaired) electrons. The fourth-order valence-corrected chi connectivity index (χ4v) is 2.81. The molecule has 1 aromatic rings. The summed E-state index contributed by atoms with van der Waals surface area (Å²) in [5, 5.41) is 3.58. The molecule has 1 fully saturated rings. The lowest BCUT2D eigenvalue weighted by molar-refractivity contribution is 0.0917. The van der Waals surface area contributed by atoms with Gasteiger partial charge in [-0.1, -0.05) is 11.6 Å². The first-order chi connectivity index (χ1) is 10.6. The van der Waals surface area contributed by atoms with Crippen LogP contribution >= 0.6 is 11.6 Å². The van der Waals surface area contributed by atoms with Gasteiger partial charge in [0.05, 0.1) is 38.5 Å². The number of halogens is 1. The second kappa shape index (κ2) is 7.67. The maximum absolute atomic E-state index is 12.6. The zero-order chi connectivity index (χ0) is 16.1. The molecule has 0 amide bonds. The van der Waals surface area contributed by atoms with Crippen molar-refractivity contribution in [3.63, 3.8) is 0 Å². The van der Waals surface area contributed by atoms with Crippen molar-refractivity contribution in [3.8, 4) is 17.2 Å². The lowest BCUT2D eigenvalue weighted by Crippen LogP contribution is -2.45. The van der Waals surface area contributed by atoms with Crippen LogP contribution in [0, 0.1) is 0 Å². The molecule has 6 nitrogen and oxygen atoms in total. The zero-order valence-corrected chi connectivity index (χ0v) is 13.8. The summed E-state index contributed by atoms with van der Waals surface area (Å²) in [5.41, 5.74) is 0.406. The van der Waals surface area contributed by atoms with Gasteiger partial charge >= 0.3 is 0 Å². The van der Waals surface area contributed by atoms with Gasteiger partial charge in [0, 0.05) is 26.2 Å². The van der Waals surface area contributed by atoms with Crippen molar-refractivity contribution in [2.75, 3.05) is 54.1 Å². The minimum absolute atomic E-state index is 0.0541. The number of Topliss-reactive ketones (excluding diaryl/α,β-unsaturated/α-hetero) is 1. The zero-order valence-electron chi connectivity index (χ0n) is 13.1. The lowest BCUT2D eigenvalue weighted by Gasteiger charge is -2.26. The molecule has 0 saturated carbocycles. The third kappa shape index (κ3) is 3.45. The molecule has 0 aromatic heterocycles. The van der Waals surface area contributed by atoms with Crippen molar-refractivity contribution in [2.24, 2.45) is 0 Å². The normalized spacial score (nSPS) is 15.5. The predicted octanol–water partition coefficient (Wildman–Crippen LogP) is 1.45. The Morgan fingerprint density at radius 2 is 1.73 bits per heavy atom. The van der Waals surface area contributed by atoms with Crippen LogP contribution in [0.5, 0.6) is 17.2 Å². The number of methoxy groups -OCH3 is 3. The molecule has 1 saturated heterocycles. The van der Waals surface area contributed by atoms with Gasteiger partial charge in [-0.05, 0) is 6.07 Å². The quantitative estimate of drug-likeness (QED) is 0.798. The third-order valence-corrected chi connectivity index (χ3v) is 3.92. The van der Waals surface area contributed by atoms with Crippen LogP contribution in [-0.2, 0) is 0 Å². The second-order valence-electron chi connectivity index (χ2n) is 4.96. The molecule has 122 valence electrons. The van der Waals surface area contributed by atoms with E-state index in [0.29, 0.717) is 34.4 Å². The van der Waals surface area contributed by atoms with Crippen molar-refractivity contribution < 1.29 is 19.0 Å². The van der Waals surface area contributed by atoms with Gasteiger partial charge < -0.3 is 19.5 Å². The minimum atomic E-state index is -0.0541. The lowest BCUT2D eigenvalue weighted by atomic mass is 10.1. The topological polar surface area (TPSA) is 60.0 Å². The molecule has 7 heteroatoms. The number of carbonyl (C=O) groups is 1. The van der Waals surface area contributed by atoms with Crippen LogP contribution in [-0.4, -0.2) is 64.7 Å². The van der Waals surface area contributed by atoms with E-state index in [9.17, 15) is 4.79 Å². The number of nitrogens with zero attached hydrogens (tertiary/aromatic N) is 1. The monoisotopic (exact) mass is 328 g/mol. The molecule has 22 heavy (non-hydrogen) atoms. The van der Waals surface area contributed by atoms with Gasteiger partial charge in [-0.2, -0.15) is 0 Å². The molecular formula is C15H21ClN2O4. The van der Waals surface area contributed by atoms with Crippen molar-refractivity contribution >= 4 is 17.4 Å². The summed E-state index contributed by atoms with van der Waals surface area (Å²) in [6, 6.07) is 1.58. The molecule has 1 aliphatic rings. The molecule has 1 aromatic carbocycles. The Hall–Kier alpha value is -1.50. The van der Waals surface area contributed by atoms with Crippen LogP contribution in [0.1, 0.15) is 10.4 Å². The van der Waals surface area contributed by atoms with E-state index in [0.717, 1.165) is 26.2 Å². The van der Waals surface area contributed by atoms with Crippen LogP contribution in [0.25, 0.3) is 0 Å². The van der Waals surface area contributed by atoms with Crippen LogP contribution in [0.15, 0.2) is 6.07 Å². The second-order valence-corrected chi connectivity index (χ2v) is 5.36. The first-order valence-corrected chi connectivity index (χ1v) is 7.44. The fourth-order valence-electron chi connectivity index (χ4n) is 2.53. The molecule has 0 aliphatic carbocycles. The number of piperazine rings is 1. The smallest absolute Gasteiger partial charge is 0.205 e. The fraction of sp³-hybridized carbons (Fsp3) is 0.533. The number of ketones is 1. The standard InChI is InChI=1S/C15H21ClN2O4/c1-20-13-10(8-11(16)14(21-2)15(13)22-3)12(19)9-18-6-4-17-5-7-18/h8,17H,4-7,9H2,1-3H3. The molecule has 0 atom stereocenters. The average Bonchev–Trinajstić information content (AvgIpc) is 2.54. The van der Waals surface area contributed by atoms with Crippen molar-refractivity contribution in [2.45, 2.75) is 0 Å². The molecule has 1 aliphatic heterocycles. The minimum Gasteiger partial charge on any atom is -0.492 e. The maximum Gasteiger partial charge on any atom is 0.205 e. The van der Waals surface area contributed by atoms with Gasteiger partial charge in [0.25, 0.3) is 0 Å². The number of hydrogen-bond donors (Lipinski definition) is 1. The number of benzene rings is 1. The largest absolute Gasteiger partial charge is 0.492 e. The van der Waals surface area contributed by atoms with Gasteiger partial charge in [-0.25, -0.2) is 0 Å². The highest BCUT2D eigenvalue weighted by Crippen LogP contribution is 2.45. The van der Waals surface area contributed by atoms with Crippen molar-refractivity contribution in [1.29, 1.82) is 0 Å². The Labute approximate surface area is 135 Å². The summed E-state index contributed by atoms with van der Waals surface area (Å²) in [6.07, 6.45) is 0. The SMILES string of the molecule is COc1c(Cl)cc(C(=O)CN2CCNCC2)c(OC)c1OC. The van der Waals surface area contributed by atoms with E-state index in [1.165, 1.54) is 21.3 Å². The molecule has 0 spiro atoms. The first-order valence-electron chi connectivity index (χ1n) is 7.07. The Kier molecular flexibility index (Phi) is 5.88. The Balaban J connectivity index is 2.32. The van der Waals surface area contributed by atoms with E-state index >= 15 is 0 Å². The van der Waals surface area contributed by atoms with E-state index in [2.05, 4.69) is 10.2 Å². The number of ether oxygens (including phenoxy) is 3. The van der Waals surface area contributed by atoms with E-state index in [4.69, 9.17) is 25.8 Å². The van der Waals surface area contributed by atoms with E-state index in [-0.39, 0.29) is 5.78 Å². The Morgan fingerprint density at radius 3 is 2.27 bits per heavy atom. The summed E-state index contributed by atoms with van der Waals surface area (Å²) >= 11 is 6.19. The van der Waals surface area contributed by atoms with Crippen molar-refractivity contribution in [3.05, 3.63) is 16.7 Å². The molecular weight excluding hydrogens is 308 g/mol. The summed E-state index contributed by atoms with van der Waals surface area (Å²) in [4.78, 5) is 14.7. The van der Waals surface area contributed by atoms with Crippen LogP contribution in [0.3, 0.4) is 0 Å². The number of rotatable bonds is 6. The number of carbonyl (C=O) groups excluding carboxylic acids is 1. The molecule has 1 N–H and O–H groups in total. The predicted molar refractivity (Wildman–Crippen MR) is 84.7 cm³/mol. The highest BCUT2D eigenvalue weighted by atomic mass is 35.5. The van der Waals surface area contributed by atoms with E-state index < -0.39 is 0 Å². The van der Waals surface area contributed by atoms with Crippen LogP contribution < -0.4 is 19.5 Å². The molecule has 0 bridgehead atoms. The highest BCUT2D eigenvalue weighted by molar-refractivity contribution is 6.33. The Bertz CT molecular complexity index is 545. The Morgan fingerprint density at radius 1 is 1.14 bits per heavy atom. The van der Waals surface area contributed by atoms with E-state index in [1.807, 2.05) is 0 Å². The molecule has 0 unspecified atom stereocenters. The number of hydrogen-bond acceptors (Lipinski definition) is 6. The van der Waals surface area contributed by atoms with Gasteiger partial charge in [0.2, 0.25) is 5.75 Å². The summed E-state index contributed by atoms with van der Waals surface area (Å²) in [7, 11) is 4.47. The molecule has 2 rings (SSSR count). The van der Waals surface area contributed by atoms with Crippen LogP contribution in [0.2, 0.25) is 5.02 Å². The highest BCUT2D eigenvalue weighted by Gasteiger charge is 2.25. The summed E-state index contributed by atoms with van der Waals surface area (Å²) in [6.45, 7) is 3.78. The van der Waals surface area contributed by atoms with Crippen molar-refractivity contribution in [1.82, 2.24) is 10.2 Å². The van der Waals surface area contributed by atoms with Crippen LogP contribution in [0.4, 0.5) is 0 Å². The van der Waals surface area contributed by atoms with Gasteiger partial charge in [-0.15, -0.1) is 0 Å². The third-order valence-electron chi connectivity index (χ3n) is 3.63. The van der Waals surface area contributed by atoms with Gasteiger partial charge in [0.1, 0.15) is 0 Å². The maximum atomic E-state index is 12.6. The summed E-state index contributed by atoms with van der Waals surface area (Å²) in [5.74, 6) is 0.992. The van der Waals surface area contributed by atoms with E-state index in [1.54, 1.807) is 6.07 Å². The number of nitrogens with one attached hydrogen (secondary N) is 1. The summed E-state index contributed by atoms with van der Waals surface area (Å²) < 4.78 is 15.9. The first kappa shape index (κ1) is 16.9. The average molecular weight is 329 g/mol. The van der Waals surface area contributed by atoms with Gasteiger partial charge in [-0.3, -0.25) is 9.69 Å². The van der Waals surface area contributed by atoms with Gasteiger partial charge in [0.15, 0.2) is 17.3 Å². The molecule has 1 heterocycles.